The summed E-state index contributed by atoms with van der Waals surface area (Å²) < 4.78 is 5.92. The predicted molar refractivity (Wildman–Crippen MR) is 86.3 cm³/mol. The minimum Gasteiger partial charge on any atom is -0.484 e. The van der Waals surface area contributed by atoms with Crippen LogP contribution in [0, 0.1) is 0 Å². The molecule has 2 rings (SSSR count). The van der Waals surface area contributed by atoms with E-state index in [2.05, 4.69) is 43.2 Å². The van der Waals surface area contributed by atoms with E-state index in [1.807, 2.05) is 37.3 Å². The fourth-order valence-electron chi connectivity index (χ4n) is 1.94. The Morgan fingerprint density at radius 3 is 2.38 bits per heavy atom. The van der Waals surface area contributed by atoms with E-state index in [0.717, 1.165) is 23.6 Å². The topological polar surface area (TPSA) is 34.1 Å². The zero-order chi connectivity index (χ0) is 15.3. The average molecular weight is 284 g/mol. The fraction of sp³-hybridized carbons (Fsp3) is 0.389. The second-order valence-corrected chi connectivity index (χ2v) is 6.26. The number of benzene rings is 1. The molecule has 0 radical (unpaired) electrons. The Balaban J connectivity index is 1.93. The summed E-state index contributed by atoms with van der Waals surface area (Å²) in [5.74, 6) is 0.797. The van der Waals surface area contributed by atoms with Gasteiger partial charge in [-0.05, 0) is 45.4 Å². The van der Waals surface area contributed by atoms with Crippen molar-refractivity contribution in [2.24, 2.45) is 0 Å². The van der Waals surface area contributed by atoms with Crippen molar-refractivity contribution in [1.82, 2.24) is 10.3 Å². The Labute approximate surface area is 127 Å². The Hall–Kier alpha value is -1.87. The number of hydrogen-bond acceptors (Lipinski definition) is 3. The highest BCUT2D eigenvalue weighted by Crippen LogP contribution is 2.20. The first-order chi connectivity index (χ1) is 9.94. The van der Waals surface area contributed by atoms with Crippen molar-refractivity contribution in [1.29, 1.82) is 0 Å². The van der Waals surface area contributed by atoms with Crippen LogP contribution in [0.4, 0.5) is 0 Å². The third-order valence-corrected chi connectivity index (χ3v) is 3.18. The third kappa shape index (κ3) is 5.20. The van der Waals surface area contributed by atoms with Crippen molar-refractivity contribution in [3.8, 4) is 5.75 Å². The molecule has 2 aromatic rings. The molecule has 1 N–H and O–H groups in total. The van der Waals surface area contributed by atoms with E-state index in [-0.39, 0.29) is 11.6 Å². The van der Waals surface area contributed by atoms with Crippen LogP contribution in [0.2, 0.25) is 0 Å². The molecule has 0 aliphatic rings. The summed E-state index contributed by atoms with van der Waals surface area (Å²) in [5, 5.41) is 3.42. The number of aromatic nitrogens is 1. The average Bonchev–Trinajstić information content (AvgIpc) is 2.46. The molecule has 21 heavy (non-hydrogen) atoms. The van der Waals surface area contributed by atoms with Crippen LogP contribution in [-0.2, 0) is 6.54 Å². The lowest BCUT2D eigenvalue weighted by atomic mass is 10.1. The van der Waals surface area contributed by atoms with Crippen LogP contribution in [-0.4, -0.2) is 10.5 Å². The molecule has 0 spiro atoms. The minimum absolute atomic E-state index is 0.0200. The molecule has 0 aliphatic heterocycles. The van der Waals surface area contributed by atoms with Crippen molar-refractivity contribution < 1.29 is 4.74 Å². The summed E-state index contributed by atoms with van der Waals surface area (Å²) in [6, 6.07) is 14.2. The van der Waals surface area contributed by atoms with E-state index in [0.29, 0.717) is 0 Å². The smallest absolute Gasteiger partial charge is 0.138 e. The summed E-state index contributed by atoms with van der Waals surface area (Å²) >= 11 is 0. The second-order valence-electron chi connectivity index (χ2n) is 6.26. The van der Waals surface area contributed by atoms with E-state index in [9.17, 15) is 0 Å². The maximum atomic E-state index is 5.92. The monoisotopic (exact) mass is 284 g/mol. The first-order valence-electron chi connectivity index (χ1n) is 7.35. The molecular formula is C18H24N2O. The summed E-state index contributed by atoms with van der Waals surface area (Å²) in [7, 11) is 0. The first-order valence-corrected chi connectivity index (χ1v) is 7.35. The van der Waals surface area contributed by atoms with Gasteiger partial charge in [-0.1, -0.05) is 30.3 Å². The Morgan fingerprint density at radius 1 is 1.10 bits per heavy atom. The van der Waals surface area contributed by atoms with Gasteiger partial charge < -0.3 is 10.1 Å². The van der Waals surface area contributed by atoms with E-state index < -0.39 is 0 Å². The quantitative estimate of drug-likeness (QED) is 0.897. The molecule has 0 saturated heterocycles. The van der Waals surface area contributed by atoms with Gasteiger partial charge in [0.2, 0.25) is 0 Å². The number of nitrogens with one attached hydrogen (secondary N) is 1. The van der Waals surface area contributed by atoms with Crippen molar-refractivity contribution in [2.75, 3.05) is 0 Å². The zero-order valence-corrected chi connectivity index (χ0v) is 13.3. The molecule has 0 aliphatic carbocycles. The number of rotatable bonds is 5. The van der Waals surface area contributed by atoms with E-state index >= 15 is 0 Å². The van der Waals surface area contributed by atoms with Gasteiger partial charge in [0.25, 0.3) is 0 Å². The summed E-state index contributed by atoms with van der Waals surface area (Å²) in [5.41, 5.74) is 2.28. The number of nitrogens with zero attached hydrogens (tertiary/aromatic N) is 1. The van der Waals surface area contributed by atoms with E-state index in [1.54, 1.807) is 6.20 Å². The predicted octanol–water partition coefficient (Wildman–Crippen LogP) is 4.11. The van der Waals surface area contributed by atoms with Gasteiger partial charge in [0.05, 0.1) is 11.9 Å². The maximum Gasteiger partial charge on any atom is 0.138 e. The van der Waals surface area contributed by atoms with Crippen LogP contribution in [0.3, 0.4) is 0 Å². The van der Waals surface area contributed by atoms with E-state index in [4.69, 9.17) is 4.74 Å². The van der Waals surface area contributed by atoms with E-state index in [1.165, 1.54) is 0 Å². The standard InChI is InChI=1S/C18H24N2O/c1-14(15-8-6-5-7-9-15)21-17-11-10-16(19-13-17)12-20-18(2,3)4/h5-11,13-14,20H,12H2,1-4H3. The fourth-order valence-corrected chi connectivity index (χ4v) is 1.94. The molecule has 1 unspecified atom stereocenters. The van der Waals surface area contributed by atoms with Crippen LogP contribution in [0.15, 0.2) is 48.7 Å². The van der Waals surface area contributed by atoms with Crippen molar-refractivity contribution in [3.05, 3.63) is 59.9 Å². The van der Waals surface area contributed by atoms with Crippen molar-refractivity contribution in [2.45, 2.75) is 45.9 Å². The molecule has 1 aromatic heterocycles. The molecular weight excluding hydrogens is 260 g/mol. The molecule has 1 heterocycles. The molecule has 112 valence electrons. The third-order valence-electron chi connectivity index (χ3n) is 3.18. The molecule has 0 bridgehead atoms. The van der Waals surface area contributed by atoms with Crippen LogP contribution < -0.4 is 10.1 Å². The van der Waals surface area contributed by atoms with Crippen LogP contribution in [0.1, 0.15) is 45.1 Å². The summed E-state index contributed by atoms with van der Waals surface area (Å²) in [4.78, 5) is 4.44. The highest BCUT2D eigenvalue weighted by atomic mass is 16.5. The molecule has 1 atom stereocenters. The van der Waals surface area contributed by atoms with Crippen LogP contribution in [0.25, 0.3) is 0 Å². The lowest BCUT2D eigenvalue weighted by molar-refractivity contribution is 0.226. The second kappa shape index (κ2) is 6.72. The lowest BCUT2D eigenvalue weighted by Gasteiger charge is -2.20. The normalized spacial score (nSPS) is 13.0. The van der Waals surface area contributed by atoms with Gasteiger partial charge in [0.15, 0.2) is 0 Å². The molecule has 0 saturated carbocycles. The lowest BCUT2D eigenvalue weighted by Crippen LogP contribution is -2.35. The summed E-state index contributed by atoms with van der Waals surface area (Å²) in [6.45, 7) is 9.24. The zero-order valence-electron chi connectivity index (χ0n) is 13.3. The molecule has 0 amide bonds. The van der Waals surface area contributed by atoms with Gasteiger partial charge in [0, 0.05) is 12.1 Å². The van der Waals surface area contributed by atoms with Gasteiger partial charge in [0.1, 0.15) is 11.9 Å². The number of pyridine rings is 1. The van der Waals surface area contributed by atoms with Crippen molar-refractivity contribution in [3.63, 3.8) is 0 Å². The van der Waals surface area contributed by atoms with Gasteiger partial charge >= 0.3 is 0 Å². The Kier molecular flexibility index (Phi) is 4.97. The first kappa shape index (κ1) is 15.5. The molecule has 3 heteroatoms. The van der Waals surface area contributed by atoms with Gasteiger partial charge in [-0.3, -0.25) is 4.98 Å². The van der Waals surface area contributed by atoms with Crippen LogP contribution >= 0.6 is 0 Å². The van der Waals surface area contributed by atoms with Crippen LogP contribution in [0.5, 0.6) is 5.75 Å². The van der Waals surface area contributed by atoms with Gasteiger partial charge in [-0.25, -0.2) is 0 Å². The Morgan fingerprint density at radius 2 is 1.81 bits per heavy atom. The summed E-state index contributed by atoms with van der Waals surface area (Å²) in [6.07, 6.45) is 1.81. The Bertz CT molecular complexity index is 544. The number of ether oxygens (including phenoxy) is 1. The highest BCUT2D eigenvalue weighted by Gasteiger charge is 2.10. The molecule has 0 fully saturated rings. The highest BCUT2D eigenvalue weighted by molar-refractivity contribution is 5.23. The minimum atomic E-state index is 0.0200. The van der Waals surface area contributed by atoms with Gasteiger partial charge in [-0.15, -0.1) is 0 Å². The largest absolute Gasteiger partial charge is 0.484 e. The van der Waals surface area contributed by atoms with Crippen molar-refractivity contribution >= 4 is 0 Å². The molecule has 1 aromatic carbocycles. The maximum absolute atomic E-state index is 5.92. The molecule has 3 nitrogen and oxygen atoms in total. The number of hydrogen-bond donors (Lipinski definition) is 1. The SMILES string of the molecule is CC(Oc1ccc(CNC(C)(C)C)nc1)c1ccccc1. The van der Waals surface area contributed by atoms with Gasteiger partial charge in [-0.2, -0.15) is 0 Å².